The molecule has 1 aromatic carbocycles. The second-order valence-electron chi connectivity index (χ2n) is 9.70. The third-order valence-corrected chi connectivity index (χ3v) is 6.57. The number of carbonyl (C=O) groups is 1. The minimum Gasteiger partial charge on any atom is -0.496 e. The van der Waals surface area contributed by atoms with Crippen LogP contribution in [-0.2, 0) is 24.1 Å². The van der Waals surface area contributed by atoms with Gasteiger partial charge < -0.3 is 23.6 Å². The van der Waals surface area contributed by atoms with Crippen molar-refractivity contribution in [3.63, 3.8) is 0 Å². The molecule has 0 unspecified atom stereocenters. The van der Waals surface area contributed by atoms with Crippen molar-refractivity contribution >= 4 is 16.9 Å². The number of furan rings is 1. The molecule has 0 radical (unpaired) electrons. The first kappa shape index (κ1) is 23.9. The van der Waals surface area contributed by atoms with E-state index in [2.05, 4.69) is 5.32 Å². The van der Waals surface area contributed by atoms with Crippen LogP contribution < -0.4 is 20.4 Å². The fourth-order valence-corrected chi connectivity index (χ4v) is 4.60. The average molecular weight is 468 g/mol. The molecule has 0 saturated carbocycles. The number of benzene rings is 1. The molecule has 34 heavy (non-hydrogen) atoms. The maximum absolute atomic E-state index is 12.9. The molecule has 1 aliphatic rings. The zero-order valence-corrected chi connectivity index (χ0v) is 20.6. The van der Waals surface area contributed by atoms with Crippen LogP contribution in [-0.4, -0.2) is 24.7 Å². The molecule has 1 amide bonds. The van der Waals surface area contributed by atoms with Crippen molar-refractivity contribution in [1.82, 2.24) is 5.32 Å². The number of fused-ring (bicyclic) bond motifs is 3. The number of hydrogen-bond acceptors (Lipinski definition) is 6. The lowest BCUT2D eigenvalue weighted by atomic mass is 9.91. The van der Waals surface area contributed by atoms with Gasteiger partial charge in [-0.2, -0.15) is 0 Å². The van der Waals surface area contributed by atoms with E-state index in [-0.39, 0.29) is 24.0 Å². The highest BCUT2D eigenvalue weighted by molar-refractivity contribution is 5.92. The minimum atomic E-state index is -0.413. The minimum absolute atomic E-state index is 0.00239. The molecule has 182 valence electrons. The molecule has 7 nitrogen and oxygen atoms in total. The van der Waals surface area contributed by atoms with E-state index >= 15 is 0 Å². The second-order valence-corrected chi connectivity index (χ2v) is 9.70. The first-order valence-electron chi connectivity index (χ1n) is 11.9. The molecule has 0 saturated heterocycles. The Balaban J connectivity index is 1.52. The maximum Gasteiger partial charge on any atom is 0.339 e. The zero-order chi connectivity index (χ0) is 24.5. The Morgan fingerprint density at radius 2 is 2.09 bits per heavy atom. The van der Waals surface area contributed by atoms with Crippen molar-refractivity contribution in [1.29, 1.82) is 0 Å². The van der Waals surface area contributed by atoms with Gasteiger partial charge in [-0.25, -0.2) is 4.79 Å². The lowest BCUT2D eigenvalue weighted by Crippen LogP contribution is -2.33. The number of hydrogen-bond donors (Lipinski definition) is 1. The average Bonchev–Trinajstić information content (AvgIpc) is 3.29. The second kappa shape index (κ2) is 9.57. The predicted octanol–water partition coefficient (Wildman–Crippen LogP) is 4.88. The number of ether oxygens (including phenoxy) is 2. The van der Waals surface area contributed by atoms with E-state index in [9.17, 15) is 9.59 Å². The lowest BCUT2D eigenvalue weighted by Gasteiger charge is -2.33. The monoisotopic (exact) mass is 467 g/mol. The van der Waals surface area contributed by atoms with Gasteiger partial charge in [0.2, 0.25) is 5.91 Å². The molecule has 0 aliphatic carbocycles. The van der Waals surface area contributed by atoms with Crippen molar-refractivity contribution in [2.24, 2.45) is 0 Å². The van der Waals surface area contributed by atoms with Crippen LogP contribution in [0.25, 0.3) is 11.0 Å². The van der Waals surface area contributed by atoms with Crippen molar-refractivity contribution in [2.45, 2.75) is 77.9 Å². The molecular formula is C27H33NO6. The van der Waals surface area contributed by atoms with Gasteiger partial charge in [-0.15, -0.1) is 0 Å². The first-order chi connectivity index (χ1) is 16.2. The molecule has 3 aromatic rings. The van der Waals surface area contributed by atoms with Crippen molar-refractivity contribution in [3.8, 4) is 11.5 Å². The van der Waals surface area contributed by atoms with Crippen LogP contribution >= 0.6 is 0 Å². The SMILES string of the molecule is COc1cc2c(c3oc(=O)c(CCC(=O)N[C@H](C)CCc4ccco4)c(C)c13)CCC(C)(C)O2. The highest BCUT2D eigenvalue weighted by Crippen LogP contribution is 2.43. The van der Waals surface area contributed by atoms with E-state index < -0.39 is 5.63 Å². The van der Waals surface area contributed by atoms with Gasteiger partial charge in [-0.3, -0.25) is 4.79 Å². The van der Waals surface area contributed by atoms with E-state index in [0.717, 1.165) is 48.0 Å². The Labute approximate surface area is 199 Å². The summed E-state index contributed by atoms with van der Waals surface area (Å²) in [7, 11) is 1.59. The fourth-order valence-electron chi connectivity index (χ4n) is 4.60. The van der Waals surface area contributed by atoms with Gasteiger partial charge in [0.25, 0.3) is 0 Å². The van der Waals surface area contributed by atoms with Gasteiger partial charge in [0.1, 0.15) is 28.4 Å². The maximum atomic E-state index is 12.9. The number of aryl methyl sites for hydroxylation is 3. The van der Waals surface area contributed by atoms with Gasteiger partial charge >= 0.3 is 5.63 Å². The summed E-state index contributed by atoms with van der Waals surface area (Å²) in [6.07, 6.45) is 5.25. The zero-order valence-electron chi connectivity index (χ0n) is 20.6. The van der Waals surface area contributed by atoms with Crippen molar-refractivity contribution < 1.29 is 23.1 Å². The summed E-state index contributed by atoms with van der Waals surface area (Å²) in [5.41, 5.74) is 2.00. The van der Waals surface area contributed by atoms with Crippen LogP contribution in [0, 0.1) is 6.92 Å². The molecule has 4 rings (SSSR count). The normalized spacial score (nSPS) is 15.4. The molecule has 1 aliphatic heterocycles. The van der Waals surface area contributed by atoms with Gasteiger partial charge in [-0.05, 0) is 71.1 Å². The molecule has 2 aromatic heterocycles. The number of carbonyl (C=O) groups excluding carboxylic acids is 1. The molecular weight excluding hydrogens is 434 g/mol. The van der Waals surface area contributed by atoms with E-state index in [0.29, 0.717) is 29.1 Å². The summed E-state index contributed by atoms with van der Waals surface area (Å²) in [6, 6.07) is 5.66. The van der Waals surface area contributed by atoms with Gasteiger partial charge in [0, 0.05) is 36.1 Å². The number of amides is 1. The van der Waals surface area contributed by atoms with Crippen LogP contribution in [0.2, 0.25) is 0 Å². The highest BCUT2D eigenvalue weighted by Gasteiger charge is 2.31. The third kappa shape index (κ3) is 4.98. The molecule has 3 heterocycles. The largest absolute Gasteiger partial charge is 0.496 e. The Hall–Kier alpha value is -3.22. The summed E-state index contributed by atoms with van der Waals surface area (Å²) < 4.78 is 22.9. The summed E-state index contributed by atoms with van der Waals surface area (Å²) in [4.78, 5) is 25.5. The smallest absolute Gasteiger partial charge is 0.339 e. The molecule has 1 N–H and O–H groups in total. The van der Waals surface area contributed by atoms with Gasteiger partial charge in [0.15, 0.2) is 0 Å². The van der Waals surface area contributed by atoms with Crippen LogP contribution in [0.4, 0.5) is 0 Å². The summed E-state index contributed by atoms with van der Waals surface area (Å²) in [5.74, 6) is 2.10. The third-order valence-electron chi connectivity index (χ3n) is 6.57. The van der Waals surface area contributed by atoms with Crippen LogP contribution in [0.5, 0.6) is 11.5 Å². The molecule has 1 atom stereocenters. The molecule has 7 heteroatoms. The topological polar surface area (TPSA) is 90.9 Å². The quantitative estimate of drug-likeness (QED) is 0.475. The van der Waals surface area contributed by atoms with Crippen LogP contribution in [0.3, 0.4) is 0 Å². The Morgan fingerprint density at radius 3 is 2.79 bits per heavy atom. The number of rotatable bonds is 8. The Morgan fingerprint density at radius 1 is 1.29 bits per heavy atom. The number of nitrogens with one attached hydrogen (secondary N) is 1. The summed E-state index contributed by atoms with van der Waals surface area (Å²) in [5, 5.41) is 3.78. The Kier molecular flexibility index (Phi) is 6.73. The fraction of sp³-hybridized carbons (Fsp3) is 0.481. The molecule has 0 fully saturated rings. The van der Waals surface area contributed by atoms with E-state index in [1.165, 1.54) is 0 Å². The summed E-state index contributed by atoms with van der Waals surface area (Å²) >= 11 is 0. The van der Waals surface area contributed by atoms with Crippen molar-refractivity contribution in [2.75, 3.05) is 7.11 Å². The van der Waals surface area contributed by atoms with E-state index in [1.807, 2.05) is 45.9 Å². The van der Waals surface area contributed by atoms with Crippen LogP contribution in [0.1, 0.15) is 62.5 Å². The first-order valence-corrected chi connectivity index (χ1v) is 11.9. The van der Waals surface area contributed by atoms with Crippen molar-refractivity contribution in [3.05, 3.63) is 57.3 Å². The molecule has 0 bridgehead atoms. The highest BCUT2D eigenvalue weighted by atomic mass is 16.5. The Bertz CT molecular complexity index is 1240. The summed E-state index contributed by atoms with van der Waals surface area (Å²) in [6.45, 7) is 7.94. The van der Waals surface area contributed by atoms with E-state index in [4.69, 9.17) is 18.3 Å². The standard InChI is InChI=1S/C27H33NO6/c1-16(8-9-18-7-6-14-32-18)28-23(29)11-10-19-17(2)24-22(31-5)15-21-20(25(24)33-26(19)30)12-13-27(3,4)34-21/h6-7,14-16H,8-13H2,1-5H3,(H,28,29)/t16-/m1/s1. The lowest BCUT2D eigenvalue weighted by molar-refractivity contribution is -0.121. The van der Waals surface area contributed by atoms with Gasteiger partial charge in [-0.1, -0.05) is 0 Å². The van der Waals surface area contributed by atoms with E-state index in [1.54, 1.807) is 13.4 Å². The van der Waals surface area contributed by atoms with Gasteiger partial charge in [0.05, 0.1) is 18.8 Å². The van der Waals surface area contributed by atoms with Crippen LogP contribution in [0.15, 0.2) is 38.1 Å². The molecule has 0 spiro atoms. The predicted molar refractivity (Wildman–Crippen MR) is 130 cm³/mol. The number of methoxy groups -OCH3 is 1.